The zero-order valence-corrected chi connectivity index (χ0v) is 27.8. The smallest absolute Gasteiger partial charge is 0.192 e. The molecule has 36 heavy (non-hydrogen) atoms. The molecule has 0 aromatic carbocycles. The quantitative estimate of drug-likeness (QED) is 0.0822. The Morgan fingerprint density at radius 2 is 0.917 bits per heavy atom. The van der Waals surface area contributed by atoms with Crippen LogP contribution in [0, 0.1) is 0 Å². The fourth-order valence-corrected chi connectivity index (χ4v) is 6.30. The van der Waals surface area contributed by atoms with E-state index < -0.39 is 16.6 Å². The number of hydrogen-bond donors (Lipinski definition) is 0. The van der Waals surface area contributed by atoms with Gasteiger partial charge in [-0.1, -0.05) is 79.4 Å². The molecule has 0 saturated carbocycles. The molecule has 2 atom stereocenters. The zero-order chi connectivity index (χ0) is 27.9. The highest BCUT2D eigenvalue weighted by atomic mass is 28.4. The predicted octanol–water partition coefficient (Wildman–Crippen LogP) is 9.29. The van der Waals surface area contributed by atoms with Crippen LogP contribution in [0.4, 0.5) is 0 Å². The minimum absolute atomic E-state index is 0.145. The number of rotatable bonds is 21. The number of ether oxygens (including phenoxy) is 2. The van der Waals surface area contributed by atoms with Crippen molar-refractivity contribution in [2.75, 3.05) is 26.4 Å². The van der Waals surface area contributed by atoms with Gasteiger partial charge in [-0.25, -0.2) is 0 Å². The first-order valence-corrected chi connectivity index (χ1v) is 20.1. The van der Waals surface area contributed by atoms with Crippen LogP contribution in [-0.4, -0.2) is 55.3 Å². The lowest BCUT2D eigenvalue weighted by Crippen LogP contribution is -2.51. The highest BCUT2D eigenvalue weighted by Gasteiger charge is 2.44. The average molecular weight is 543 g/mol. The third kappa shape index (κ3) is 14.6. The van der Waals surface area contributed by atoms with E-state index in [4.69, 9.17) is 18.3 Å². The van der Waals surface area contributed by atoms with Gasteiger partial charge in [0.05, 0.1) is 25.4 Å². The van der Waals surface area contributed by atoms with Gasteiger partial charge in [-0.15, -0.1) is 13.2 Å². The van der Waals surface area contributed by atoms with Gasteiger partial charge in [0.15, 0.2) is 16.6 Å². The Kier molecular flexibility index (Phi) is 17.2. The van der Waals surface area contributed by atoms with Crippen molar-refractivity contribution in [1.82, 2.24) is 0 Å². The van der Waals surface area contributed by atoms with Crippen LogP contribution < -0.4 is 0 Å². The normalized spacial score (nSPS) is 15.1. The standard InChI is InChI=1S/C30H62O4Si2/c1-13-23-31-25-19-15-17-21-27(33-35(9,10)29(3,4)5)28(34-36(11,12)30(6,7)8)22-18-16-20-26-32-24-14-2/h13-14,27-28H,1-2,15-26H2,3-12H3/t27-,28+. The van der Waals surface area contributed by atoms with Crippen molar-refractivity contribution in [1.29, 1.82) is 0 Å². The lowest BCUT2D eigenvalue weighted by molar-refractivity contribution is 0.0218. The molecular weight excluding hydrogens is 480 g/mol. The summed E-state index contributed by atoms with van der Waals surface area (Å²) >= 11 is 0. The molecule has 214 valence electrons. The van der Waals surface area contributed by atoms with E-state index in [0.717, 1.165) is 64.6 Å². The first-order chi connectivity index (χ1) is 16.6. The Hall–Kier alpha value is -0.246. The van der Waals surface area contributed by atoms with Gasteiger partial charge >= 0.3 is 0 Å². The Labute approximate surface area is 227 Å². The lowest BCUT2D eigenvalue weighted by atomic mass is 10.0. The van der Waals surface area contributed by atoms with E-state index in [0.29, 0.717) is 13.2 Å². The van der Waals surface area contributed by atoms with Crippen LogP contribution in [0.3, 0.4) is 0 Å². The molecule has 0 unspecified atom stereocenters. The van der Waals surface area contributed by atoms with Crippen molar-refractivity contribution in [2.24, 2.45) is 0 Å². The summed E-state index contributed by atoms with van der Waals surface area (Å²) in [6.07, 6.45) is 12.8. The lowest BCUT2D eigenvalue weighted by Gasteiger charge is -2.45. The van der Waals surface area contributed by atoms with E-state index in [2.05, 4.69) is 80.9 Å². The minimum atomic E-state index is -1.94. The second kappa shape index (κ2) is 17.4. The summed E-state index contributed by atoms with van der Waals surface area (Å²) in [5.74, 6) is 0. The van der Waals surface area contributed by atoms with Crippen molar-refractivity contribution >= 4 is 16.6 Å². The van der Waals surface area contributed by atoms with Crippen molar-refractivity contribution in [3.8, 4) is 0 Å². The van der Waals surface area contributed by atoms with E-state index in [1.165, 1.54) is 0 Å². The van der Waals surface area contributed by atoms with Crippen LogP contribution in [0.2, 0.25) is 36.3 Å². The molecule has 4 nitrogen and oxygen atoms in total. The third-order valence-electron chi connectivity index (χ3n) is 7.95. The van der Waals surface area contributed by atoms with Gasteiger partial charge in [0.1, 0.15) is 0 Å². The number of unbranched alkanes of at least 4 members (excludes halogenated alkanes) is 4. The first kappa shape index (κ1) is 35.8. The molecule has 0 bridgehead atoms. The molecule has 0 aromatic heterocycles. The van der Waals surface area contributed by atoms with Crippen molar-refractivity contribution in [3.63, 3.8) is 0 Å². The summed E-state index contributed by atoms with van der Waals surface area (Å²) in [4.78, 5) is 0. The number of hydrogen-bond acceptors (Lipinski definition) is 4. The van der Waals surface area contributed by atoms with E-state index in [1.54, 1.807) is 0 Å². The second-order valence-electron chi connectivity index (χ2n) is 13.3. The summed E-state index contributed by atoms with van der Waals surface area (Å²) in [7, 11) is -3.87. The highest BCUT2D eigenvalue weighted by Crippen LogP contribution is 2.41. The predicted molar refractivity (Wildman–Crippen MR) is 163 cm³/mol. The molecule has 0 N–H and O–H groups in total. The molecule has 0 aliphatic rings. The molecule has 0 rings (SSSR count). The van der Waals surface area contributed by atoms with Crippen molar-refractivity contribution in [3.05, 3.63) is 25.3 Å². The van der Waals surface area contributed by atoms with Gasteiger partial charge in [-0.3, -0.25) is 0 Å². The van der Waals surface area contributed by atoms with Gasteiger partial charge in [-0.05, 0) is 61.9 Å². The Morgan fingerprint density at radius 1 is 0.583 bits per heavy atom. The maximum atomic E-state index is 7.13. The first-order valence-electron chi connectivity index (χ1n) is 14.3. The third-order valence-corrected chi connectivity index (χ3v) is 17.0. The molecule has 0 radical (unpaired) electrons. The van der Waals surface area contributed by atoms with E-state index in [1.807, 2.05) is 12.2 Å². The molecular formula is C30H62O4Si2. The van der Waals surface area contributed by atoms with E-state index >= 15 is 0 Å². The fourth-order valence-electron chi connectivity index (χ4n) is 3.54. The van der Waals surface area contributed by atoms with Gasteiger partial charge < -0.3 is 18.3 Å². The maximum Gasteiger partial charge on any atom is 0.192 e. The molecule has 0 aromatic rings. The molecule has 0 saturated heterocycles. The minimum Gasteiger partial charge on any atom is -0.411 e. The molecule has 6 heteroatoms. The van der Waals surface area contributed by atoms with Crippen LogP contribution in [0.15, 0.2) is 25.3 Å². The second-order valence-corrected chi connectivity index (χ2v) is 22.8. The van der Waals surface area contributed by atoms with Crippen LogP contribution in [0.1, 0.15) is 92.9 Å². The topological polar surface area (TPSA) is 36.9 Å². The Morgan fingerprint density at radius 3 is 1.19 bits per heavy atom. The molecule has 0 spiro atoms. The summed E-state index contributed by atoms with van der Waals surface area (Å²) in [6, 6.07) is 0. The summed E-state index contributed by atoms with van der Waals surface area (Å²) in [5.41, 5.74) is 0. The van der Waals surface area contributed by atoms with Gasteiger partial charge in [-0.2, -0.15) is 0 Å². The van der Waals surface area contributed by atoms with Gasteiger partial charge in [0.2, 0.25) is 0 Å². The zero-order valence-electron chi connectivity index (χ0n) is 25.8. The van der Waals surface area contributed by atoms with Crippen molar-refractivity contribution < 1.29 is 18.3 Å². The van der Waals surface area contributed by atoms with Crippen molar-refractivity contribution in [2.45, 2.75) is 141 Å². The van der Waals surface area contributed by atoms with Crippen LogP contribution in [0.5, 0.6) is 0 Å². The average Bonchev–Trinajstić information content (AvgIpc) is 2.74. The van der Waals surface area contributed by atoms with E-state index in [-0.39, 0.29) is 22.3 Å². The highest BCUT2D eigenvalue weighted by molar-refractivity contribution is 6.74. The largest absolute Gasteiger partial charge is 0.411 e. The van der Waals surface area contributed by atoms with Gasteiger partial charge in [0.25, 0.3) is 0 Å². The van der Waals surface area contributed by atoms with E-state index in [9.17, 15) is 0 Å². The molecule has 0 aliphatic carbocycles. The summed E-state index contributed by atoms with van der Waals surface area (Å²) in [5, 5.41) is 0.349. The molecule has 0 amide bonds. The molecule has 0 fully saturated rings. The Bertz CT molecular complexity index is 539. The fraction of sp³-hybridized carbons (Fsp3) is 0.867. The molecule has 0 aliphatic heterocycles. The van der Waals surface area contributed by atoms with Crippen LogP contribution >= 0.6 is 0 Å². The monoisotopic (exact) mass is 542 g/mol. The SMILES string of the molecule is C=CCOCCCCC[C@H](O[Si](C)(C)C(C)(C)C)[C@@H](CCCCCOCC=C)O[Si](C)(C)C(C)(C)C. The summed E-state index contributed by atoms with van der Waals surface area (Å²) in [6.45, 7) is 33.8. The van der Waals surface area contributed by atoms with Gasteiger partial charge in [0, 0.05) is 13.2 Å². The van der Waals surface area contributed by atoms with Crippen LogP contribution in [-0.2, 0) is 18.3 Å². The molecule has 0 heterocycles. The van der Waals surface area contributed by atoms with Crippen LogP contribution in [0.25, 0.3) is 0 Å². The summed E-state index contributed by atoms with van der Waals surface area (Å²) < 4.78 is 25.4. The maximum absolute atomic E-state index is 7.13. The Balaban J connectivity index is 5.51.